The maximum Gasteiger partial charge on any atom is 0.244 e. The van der Waals surface area contributed by atoms with Crippen LogP contribution in [-0.2, 0) is 15.4 Å². The topological polar surface area (TPSA) is 67.4 Å². The van der Waals surface area contributed by atoms with Gasteiger partial charge in [0.25, 0.3) is 0 Å². The first-order valence-electron chi connectivity index (χ1n) is 9.15. The van der Waals surface area contributed by atoms with E-state index in [4.69, 9.17) is 4.74 Å². The van der Waals surface area contributed by atoms with E-state index in [2.05, 4.69) is 58.5 Å². The highest BCUT2D eigenvalue weighted by atomic mass is 32.2. The number of rotatable bonds is 4. The fourth-order valence-corrected chi connectivity index (χ4v) is 5.47. The van der Waals surface area contributed by atoms with Crippen LogP contribution in [0.15, 0.2) is 23.1 Å². The quantitative estimate of drug-likeness (QED) is 0.835. The molecule has 0 amide bonds. The predicted octanol–water partition coefficient (Wildman–Crippen LogP) is 3.58. The maximum atomic E-state index is 13.2. The lowest BCUT2D eigenvalue weighted by atomic mass is 9.80. The van der Waals surface area contributed by atoms with Gasteiger partial charge < -0.3 is 10.1 Å². The molecule has 1 aliphatic rings. The second kappa shape index (κ2) is 6.80. The van der Waals surface area contributed by atoms with Gasteiger partial charge in [-0.2, -0.15) is 0 Å². The molecule has 6 heteroatoms. The molecular formula is C20H34N2O3S. The fourth-order valence-electron chi connectivity index (χ4n) is 4.04. The van der Waals surface area contributed by atoms with E-state index in [1.165, 1.54) is 7.11 Å². The van der Waals surface area contributed by atoms with Crippen LogP contribution in [0.2, 0.25) is 0 Å². The summed E-state index contributed by atoms with van der Waals surface area (Å²) in [4.78, 5) is 0.210. The van der Waals surface area contributed by atoms with Crippen LogP contribution in [-0.4, -0.2) is 32.6 Å². The number of methoxy groups -OCH3 is 1. The van der Waals surface area contributed by atoms with Gasteiger partial charge in [-0.1, -0.05) is 26.8 Å². The standard InChI is InChI=1S/C20H34N2O3S/c1-18(2,3)14-9-10-16(25-8)17(11-14)26(23,24)21-15-12-19(4,5)22-20(6,7)13-15/h9-11,15,21-22H,12-13H2,1-8H3. The first kappa shape index (κ1) is 21.2. The molecule has 0 radical (unpaired) electrons. The lowest BCUT2D eigenvalue weighted by molar-refractivity contribution is 0.157. The molecule has 2 rings (SSSR count). The highest BCUT2D eigenvalue weighted by Gasteiger charge is 2.39. The van der Waals surface area contributed by atoms with E-state index in [0.29, 0.717) is 5.75 Å². The number of piperidine rings is 1. The number of hydrogen-bond donors (Lipinski definition) is 2. The molecule has 0 saturated carbocycles. The van der Waals surface area contributed by atoms with E-state index < -0.39 is 10.0 Å². The zero-order chi connectivity index (χ0) is 20.0. The molecule has 0 aromatic heterocycles. The molecule has 1 aliphatic heterocycles. The maximum absolute atomic E-state index is 13.2. The molecule has 0 bridgehead atoms. The van der Waals surface area contributed by atoms with Crippen LogP contribution in [0.4, 0.5) is 0 Å². The normalized spacial score (nSPS) is 20.8. The Morgan fingerprint density at radius 2 is 1.65 bits per heavy atom. The van der Waals surface area contributed by atoms with Crippen molar-refractivity contribution in [2.24, 2.45) is 0 Å². The zero-order valence-corrected chi connectivity index (χ0v) is 18.2. The summed E-state index contributed by atoms with van der Waals surface area (Å²) in [6.07, 6.45) is 1.47. The molecule has 1 fully saturated rings. The Balaban J connectivity index is 2.38. The van der Waals surface area contributed by atoms with Crippen molar-refractivity contribution in [2.75, 3.05) is 7.11 Å². The summed E-state index contributed by atoms with van der Waals surface area (Å²) in [5.74, 6) is 0.373. The molecule has 1 heterocycles. The van der Waals surface area contributed by atoms with Crippen molar-refractivity contribution in [1.29, 1.82) is 0 Å². The number of sulfonamides is 1. The van der Waals surface area contributed by atoms with E-state index in [9.17, 15) is 8.42 Å². The van der Waals surface area contributed by atoms with Crippen molar-refractivity contribution in [3.63, 3.8) is 0 Å². The van der Waals surface area contributed by atoms with Gasteiger partial charge in [0.15, 0.2) is 0 Å². The van der Waals surface area contributed by atoms with Gasteiger partial charge in [0.1, 0.15) is 10.6 Å². The summed E-state index contributed by atoms with van der Waals surface area (Å²) in [5.41, 5.74) is 0.554. The average molecular weight is 383 g/mol. The number of nitrogens with one attached hydrogen (secondary N) is 2. The molecule has 1 aromatic carbocycles. The Morgan fingerprint density at radius 1 is 1.12 bits per heavy atom. The van der Waals surface area contributed by atoms with E-state index >= 15 is 0 Å². The van der Waals surface area contributed by atoms with Crippen molar-refractivity contribution in [2.45, 2.75) is 88.7 Å². The van der Waals surface area contributed by atoms with E-state index in [0.717, 1.165) is 18.4 Å². The van der Waals surface area contributed by atoms with Gasteiger partial charge in [0.2, 0.25) is 10.0 Å². The van der Waals surface area contributed by atoms with Crippen LogP contribution in [0, 0.1) is 0 Å². The Kier molecular flexibility index (Phi) is 5.55. The smallest absolute Gasteiger partial charge is 0.244 e. The second-order valence-corrected chi connectivity index (χ2v) is 11.4. The van der Waals surface area contributed by atoms with Crippen LogP contribution in [0.3, 0.4) is 0 Å². The summed E-state index contributed by atoms with van der Waals surface area (Å²) in [7, 11) is -2.19. The van der Waals surface area contributed by atoms with Gasteiger partial charge in [-0.05, 0) is 63.6 Å². The summed E-state index contributed by atoms with van der Waals surface area (Å²) in [6, 6.07) is 5.27. The van der Waals surface area contributed by atoms with Crippen molar-refractivity contribution >= 4 is 10.0 Å². The van der Waals surface area contributed by atoms with Crippen LogP contribution < -0.4 is 14.8 Å². The first-order chi connectivity index (χ1) is 11.7. The van der Waals surface area contributed by atoms with E-state index in [1.807, 2.05) is 6.07 Å². The van der Waals surface area contributed by atoms with Crippen molar-refractivity contribution in [3.8, 4) is 5.75 Å². The summed E-state index contributed by atoms with van der Waals surface area (Å²) >= 11 is 0. The first-order valence-corrected chi connectivity index (χ1v) is 10.6. The Bertz CT molecular complexity index is 746. The van der Waals surface area contributed by atoms with Gasteiger partial charge in [-0.25, -0.2) is 13.1 Å². The second-order valence-electron chi connectivity index (χ2n) is 9.73. The average Bonchev–Trinajstić information content (AvgIpc) is 2.41. The molecular weight excluding hydrogens is 348 g/mol. The van der Waals surface area contributed by atoms with Crippen LogP contribution in [0.25, 0.3) is 0 Å². The highest BCUT2D eigenvalue weighted by molar-refractivity contribution is 7.89. The van der Waals surface area contributed by atoms with Crippen LogP contribution >= 0.6 is 0 Å². The van der Waals surface area contributed by atoms with Gasteiger partial charge in [-0.15, -0.1) is 0 Å². The minimum absolute atomic E-state index is 0.130. The summed E-state index contributed by atoms with van der Waals surface area (Å²) in [6.45, 7) is 14.6. The number of ether oxygens (including phenoxy) is 1. The molecule has 2 N–H and O–H groups in total. The molecule has 0 spiro atoms. The third kappa shape index (κ3) is 4.99. The van der Waals surface area contributed by atoms with Gasteiger partial charge in [-0.3, -0.25) is 0 Å². The van der Waals surface area contributed by atoms with E-state index in [-0.39, 0.29) is 27.4 Å². The molecule has 148 valence electrons. The summed E-state index contributed by atoms with van der Waals surface area (Å²) < 4.78 is 34.6. The molecule has 0 unspecified atom stereocenters. The molecule has 1 saturated heterocycles. The van der Waals surface area contributed by atoms with Crippen LogP contribution in [0.5, 0.6) is 5.75 Å². The fraction of sp³-hybridized carbons (Fsp3) is 0.700. The minimum Gasteiger partial charge on any atom is -0.495 e. The number of benzene rings is 1. The Morgan fingerprint density at radius 3 is 2.12 bits per heavy atom. The van der Waals surface area contributed by atoms with Gasteiger partial charge in [0, 0.05) is 17.1 Å². The van der Waals surface area contributed by atoms with Crippen molar-refractivity contribution in [3.05, 3.63) is 23.8 Å². The monoisotopic (exact) mass is 382 g/mol. The van der Waals surface area contributed by atoms with Gasteiger partial charge >= 0.3 is 0 Å². The zero-order valence-electron chi connectivity index (χ0n) is 17.4. The van der Waals surface area contributed by atoms with E-state index in [1.54, 1.807) is 12.1 Å². The van der Waals surface area contributed by atoms with Crippen molar-refractivity contribution in [1.82, 2.24) is 10.0 Å². The molecule has 26 heavy (non-hydrogen) atoms. The largest absolute Gasteiger partial charge is 0.495 e. The summed E-state index contributed by atoms with van der Waals surface area (Å²) in [5, 5.41) is 3.58. The molecule has 1 aromatic rings. The third-order valence-electron chi connectivity index (χ3n) is 4.83. The molecule has 0 atom stereocenters. The lowest BCUT2D eigenvalue weighted by Gasteiger charge is -2.46. The lowest BCUT2D eigenvalue weighted by Crippen LogP contribution is -2.62. The Hall–Kier alpha value is -1.11. The van der Waals surface area contributed by atoms with Crippen LogP contribution in [0.1, 0.15) is 66.9 Å². The minimum atomic E-state index is -3.69. The molecule has 0 aliphatic carbocycles. The Labute approximate surface area is 159 Å². The highest BCUT2D eigenvalue weighted by Crippen LogP contribution is 2.33. The molecule has 5 nitrogen and oxygen atoms in total. The predicted molar refractivity (Wildman–Crippen MR) is 106 cm³/mol. The SMILES string of the molecule is COc1ccc(C(C)(C)C)cc1S(=O)(=O)NC1CC(C)(C)NC(C)(C)C1. The van der Waals surface area contributed by atoms with Crippen molar-refractivity contribution < 1.29 is 13.2 Å². The number of hydrogen-bond acceptors (Lipinski definition) is 4. The van der Waals surface area contributed by atoms with Gasteiger partial charge in [0.05, 0.1) is 7.11 Å². The third-order valence-corrected chi connectivity index (χ3v) is 6.37.